The highest BCUT2D eigenvalue weighted by atomic mass is 35.5. The second kappa shape index (κ2) is 6.72. The minimum atomic E-state index is -0.267. The molecule has 0 bridgehead atoms. The molecule has 6 nitrogen and oxygen atoms in total. The van der Waals surface area contributed by atoms with Crippen LogP contribution in [-0.2, 0) is 13.0 Å². The Labute approximate surface area is 134 Å². The van der Waals surface area contributed by atoms with Gasteiger partial charge in [0.1, 0.15) is 0 Å². The number of fused-ring (bicyclic) bond motifs is 1. The predicted molar refractivity (Wildman–Crippen MR) is 85.6 cm³/mol. The molecule has 0 radical (unpaired) electrons. The molecule has 2 aromatic rings. The number of aromatic amines is 1. The van der Waals surface area contributed by atoms with Gasteiger partial charge in [-0.15, -0.1) is 12.4 Å². The number of amides is 1. The van der Waals surface area contributed by atoms with Gasteiger partial charge in [-0.2, -0.15) is 5.10 Å². The molecule has 1 aliphatic heterocycles. The third-order valence-electron chi connectivity index (χ3n) is 3.55. The monoisotopic (exact) mass is 320 g/mol. The largest absolute Gasteiger partial charge is 0.321 e. The lowest BCUT2D eigenvalue weighted by Gasteiger charge is -2.13. The zero-order valence-electron chi connectivity index (χ0n) is 12.1. The topological polar surface area (TPSA) is 86.9 Å². The standard InChI is InChI=1S/C15H16N4O2.ClH/c1-9(20)10-3-2-4-11(7-10)17-15(21)14-12-8-16-6-5-13(12)18-19-14;/h2-4,7,16H,5-6,8H2,1H3,(H,17,21)(H,18,19);1H. The SMILES string of the molecule is CC(=O)c1cccc(NC(=O)c2n[nH]c3c2CNCC3)c1.Cl. The Morgan fingerprint density at radius 3 is 2.91 bits per heavy atom. The van der Waals surface area contributed by atoms with Crippen molar-refractivity contribution >= 4 is 29.8 Å². The van der Waals surface area contributed by atoms with Crippen molar-refractivity contribution in [3.05, 3.63) is 46.8 Å². The number of halogens is 1. The summed E-state index contributed by atoms with van der Waals surface area (Å²) >= 11 is 0. The van der Waals surface area contributed by atoms with Crippen LogP contribution in [0.15, 0.2) is 24.3 Å². The fourth-order valence-electron chi connectivity index (χ4n) is 2.42. The summed E-state index contributed by atoms with van der Waals surface area (Å²) in [5.74, 6) is -0.302. The number of anilines is 1. The molecule has 0 spiro atoms. The van der Waals surface area contributed by atoms with Crippen LogP contribution in [0.25, 0.3) is 0 Å². The average Bonchev–Trinajstić information content (AvgIpc) is 2.91. The van der Waals surface area contributed by atoms with Crippen molar-refractivity contribution < 1.29 is 9.59 Å². The van der Waals surface area contributed by atoms with Crippen LogP contribution in [0.4, 0.5) is 5.69 Å². The molecule has 22 heavy (non-hydrogen) atoms. The van der Waals surface area contributed by atoms with Gasteiger partial charge in [-0.25, -0.2) is 0 Å². The molecule has 3 rings (SSSR count). The fraction of sp³-hybridized carbons (Fsp3) is 0.267. The number of carbonyl (C=O) groups is 2. The van der Waals surface area contributed by atoms with Crippen LogP contribution >= 0.6 is 12.4 Å². The summed E-state index contributed by atoms with van der Waals surface area (Å²) in [4.78, 5) is 23.7. The van der Waals surface area contributed by atoms with Crippen LogP contribution < -0.4 is 10.6 Å². The molecule has 0 fully saturated rings. The maximum Gasteiger partial charge on any atom is 0.276 e. The molecular weight excluding hydrogens is 304 g/mol. The van der Waals surface area contributed by atoms with Crippen LogP contribution in [0.1, 0.15) is 39.0 Å². The van der Waals surface area contributed by atoms with Crippen LogP contribution in [0, 0.1) is 0 Å². The number of rotatable bonds is 3. The second-order valence-corrected chi connectivity index (χ2v) is 5.05. The highest BCUT2D eigenvalue weighted by Crippen LogP contribution is 2.18. The summed E-state index contributed by atoms with van der Waals surface area (Å²) in [5, 5.41) is 13.0. The molecule has 0 unspecified atom stereocenters. The minimum Gasteiger partial charge on any atom is -0.321 e. The number of H-pyrrole nitrogens is 1. The maximum absolute atomic E-state index is 12.3. The van der Waals surface area contributed by atoms with Crippen LogP contribution in [-0.4, -0.2) is 28.4 Å². The molecule has 3 N–H and O–H groups in total. The predicted octanol–water partition coefficient (Wildman–Crippen LogP) is 1.93. The average molecular weight is 321 g/mol. The Morgan fingerprint density at radius 2 is 2.14 bits per heavy atom. The number of Topliss-reactive ketones (excluding diaryl/α,β-unsaturated/α-hetero) is 1. The van der Waals surface area contributed by atoms with Gasteiger partial charge in [0, 0.05) is 42.0 Å². The summed E-state index contributed by atoms with van der Waals surface area (Å²) in [7, 11) is 0. The third kappa shape index (κ3) is 3.18. The van der Waals surface area contributed by atoms with Gasteiger partial charge in [0.05, 0.1) is 0 Å². The van der Waals surface area contributed by atoms with Crippen molar-refractivity contribution in [1.82, 2.24) is 15.5 Å². The lowest BCUT2D eigenvalue weighted by atomic mass is 10.1. The van der Waals surface area contributed by atoms with Gasteiger partial charge in [0.2, 0.25) is 0 Å². The molecule has 7 heteroatoms. The molecule has 1 aliphatic rings. The number of benzene rings is 1. The maximum atomic E-state index is 12.3. The summed E-state index contributed by atoms with van der Waals surface area (Å²) in [6.07, 6.45) is 0.843. The van der Waals surface area contributed by atoms with Gasteiger partial charge in [-0.1, -0.05) is 12.1 Å². The zero-order valence-corrected chi connectivity index (χ0v) is 12.9. The van der Waals surface area contributed by atoms with E-state index in [1.807, 2.05) is 0 Å². The fourth-order valence-corrected chi connectivity index (χ4v) is 2.42. The summed E-state index contributed by atoms with van der Waals surface area (Å²) in [6, 6.07) is 6.88. The van der Waals surface area contributed by atoms with E-state index >= 15 is 0 Å². The number of nitrogens with zero attached hydrogens (tertiary/aromatic N) is 1. The molecule has 0 aliphatic carbocycles. The molecule has 0 saturated heterocycles. The van der Waals surface area contributed by atoms with E-state index in [0.717, 1.165) is 24.2 Å². The van der Waals surface area contributed by atoms with E-state index in [-0.39, 0.29) is 24.1 Å². The van der Waals surface area contributed by atoms with E-state index in [0.29, 0.717) is 23.5 Å². The number of carbonyl (C=O) groups excluding carboxylic acids is 2. The first-order valence-electron chi connectivity index (χ1n) is 6.84. The van der Waals surface area contributed by atoms with Gasteiger partial charge in [0.15, 0.2) is 11.5 Å². The van der Waals surface area contributed by atoms with E-state index in [4.69, 9.17) is 0 Å². The first-order valence-corrected chi connectivity index (χ1v) is 6.84. The molecule has 2 heterocycles. The first-order chi connectivity index (χ1) is 10.1. The lowest BCUT2D eigenvalue weighted by Crippen LogP contribution is -2.25. The molecule has 0 atom stereocenters. The van der Waals surface area contributed by atoms with Gasteiger partial charge < -0.3 is 10.6 Å². The smallest absolute Gasteiger partial charge is 0.276 e. The van der Waals surface area contributed by atoms with Gasteiger partial charge in [0.25, 0.3) is 5.91 Å². The number of aromatic nitrogens is 2. The molecule has 1 amide bonds. The zero-order chi connectivity index (χ0) is 14.8. The highest BCUT2D eigenvalue weighted by molar-refractivity contribution is 6.05. The Hall–Kier alpha value is -2.18. The molecule has 1 aromatic carbocycles. The van der Waals surface area contributed by atoms with Crippen LogP contribution in [0.3, 0.4) is 0 Å². The quantitative estimate of drug-likeness (QED) is 0.754. The van der Waals surface area contributed by atoms with Crippen LogP contribution in [0.5, 0.6) is 0 Å². The van der Waals surface area contributed by atoms with E-state index < -0.39 is 0 Å². The van der Waals surface area contributed by atoms with E-state index in [1.54, 1.807) is 24.3 Å². The van der Waals surface area contributed by atoms with Crippen molar-refractivity contribution in [1.29, 1.82) is 0 Å². The van der Waals surface area contributed by atoms with E-state index in [1.165, 1.54) is 6.92 Å². The third-order valence-corrected chi connectivity index (χ3v) is 3.55. The lowest BCUT2D eigenvalue weighted by molar-refractivity contribution is 0.100. The van der Waals surface area contributed by atoms with Crippen molar-refractivity contribution in [2.24, 2.45) is 0 Å². The van der Waals surface area contributed by atoms with Gasteiger partial charge >= 0.3 is 0 Å². The van der Waals surface area contributed by atoms with Crippen molar-refractivity contribution in [3.63, 3.8) is 0 Å². The summed E-state index contributed by atoms with van der Waals surface area (Å²) < 4.78 is 0. The van der Waals surface area contributed by atoms with E-state index in [9.17, 15) is 9.59 Å². The Morgan fingerprint density at radius 1 is 1.32 bits per heavy atom. The van der Waals surface area contributed by atoms with Crippen LogP contribution in [0.2, 0.25) is 0 Å². The van der Waals surface area contributed by atoms with E-state index in [2.05, 4.69) is 20.8 Å². The Balaban J connectivity index is 0.00000176. The molecule has 1 aromatic heterocycles. The summed E-state index contributed by atoms with van der Waals surface area (Å²) in [5.41, 5.74) is 3.50. The Kier molecular flexibility index (Phi) is 4.95. The van der Waals surface area contributed by atoms with Crippen molar-refractivity contribution in [2.75, 3.05) is 11.9 Å². The van der Waals surface area contributed by atoms with Crippen molar-refractivity contribution in [2.45, 2.75) is 19.9 Å². The van der Waals surface area contributed by atoms with Gasteiger partial charge in [-0.05, 0) is 19.1 Å². The number of hydrogen-bond acceptors (Lipinski definition) is 4. The molecule has 116 valence electrons. The second-order valence-electron chi connectivity index (χ2n) is 5.05. The van der Waals surface area contributed by atoms with Gasteiger partial charge in [-0.3, -0.25) is 14.7 Å². The molecule has 0 saturated carbocycles. The minimum absolute atomic E-state index is 0. The summed E-state index contributed by atoms with van der Waals surface area (Å²) in [6.45, 7) is 3.02. The molecular formula is C15H17ClN4O2. The number of ketones is 1. The Bertz CT molecular complexity index is 711. The first kappa shape index (κ1) is 16.2. The highest BCUT2D eigenvalue weighted by Gasteiger charge is 2.21. The number of nitrogens with one attached hydrogen (secondary N) is 3. The normalized spacial score (nSPS) is 13.0. The van der Waals surface area contributed by atoms with Crippen molar-refractivity contribution in [3.8, 4) is 0 Å². The number of hydrogen-bond donors (Lipinski definition) is 3.